The minimum atomic E-state index is -0.855. The van der Waals surface area contributed by atoms with Crippen LogP contribution in [0, 0.1) is 17.0 Å². The summed E-state index contributed by atoms with van der Waals surface area (Å²) >= 11 is 0. The molecule has 0 radical (unpaired) electrons. The van der Waals surface area contributed by atoms with Crippen LogP contribution in [0.15, 0.2) is 36.4 Å². The summed E-state index contributed by atoms with van der Waals surface area (Å²) in [7, 11) is 0. The number of carbonyl (C=O) groups excluding carboxylic acids is 2. The second kappa shape index (κ2) is 8.86. The van der Waals surface area contributed by atoms with E-state index in [9.17, 15) is 19.7 Å². The highest BCUT2D eigenvalue weighted by molar-refractivity contribution is 5.95. The van der Waals surface area contributed by atoms with Crippen LogP contribution in [0.5, 0.6) is 11.5 Å². The van der Waals surface area contributed by atoms with E-state index in [2.05, 4.69) is 5.32 Å². The van der Waals surface area contributed by atoms with Crippen LogP contribution < -0.4 is 14.8 Å². The zero-order chi connectivity index (χ0) is 22.7. The van der Waals surface area contributed by atoms with Gasteiger partial charge in [-0.2, -0.15) is 0 Å². The largest absolute Gasteiger partial charge is 0.486 e. The van der Waals surface area contributed by atoms with E-state index in [4.69, 9.17) is 14.2 Å². The first-order valence-corrected chi connectivity index (χ1v) is 10.5. The maximum Gasteiger partial charge on any atom is 0.317 e. The topological polar surface area (TPSA) is 117 Å². The van der Waals surface area contributed by atoms with Crippen LogP contribution in [-0.4, -0.2) is 36.6 Å². The van der Waals surface area contributed by atoms with Crippen molar-refractivity contribution in [3.8, 4) is 11.5 Å². The Morgan fingerprint density at radius 3 is 2.53 bits per heavy atom. The summed E-state index contributed by atoms with van der Waals surface area (Å²) in [5.41, 5.74) is 0.464. The Bertz CT molecular complexity index is 1060. The van der Waals surface area contributed by atoms with Gasteiger partial charge >= 0.3 is 5.97 Å². The van der Waals surface area contributed by atoms with E-state index >= 15 is 0 Å². The number of hydrogen-bond acceptors (Lipinski definition) is 7. The minimum absolute atomic E-state index is 0.0593. The van der Waals surface area contributed by atoms with E-state index in [0.29, 0.717) is 43.1 Å². The van der Waals surface area contributed by atoms with Crippen molar-refractivity contribution in [3.63, 3.8) is 0 Å². The van der Waals surface area contributed by atoms with E-state index < -0.39 is 28.8 Å². The van der Waals surface area contributed by atoms with Gasteiger partial charge in [-0.05, 0) is 49.1 Å². The second-order valence-corrected chi connectivity index (χ2v) is 8.05. The molecule has 32 heavy (non-hydrogen) atoms. The van der Waals surface area contributed by atoms with Crippen molar-refractivity contribution in [2.24, 2.45) is 0 Å². The summed E-state index contributed by atoms with van der Waals surface area (Å²) < 4.78 is 16.6. The van der Waals surface area contributed by atoms with Crippen molar-refractivity contribution in [1.82, 2.24) is 0 Å². The van der Waals surface area contributed by atoms with Gasteiger partial charge in [0.2, 0.25) is 0 Å². The normalized spacial score (nSPS) is 16.3. The lowest BCUT2D eigenvalue weighted by atomic mass is 9.78. The highest BCUT2D eigenvalue weighted by atomic mass is 16.6. The third kappa shape index (κ3) is 4.23. The fraction of sp³-hybridized carbons (Fsp3) is 0.391. The summed E-state index contributed by atoms with van der Waals surface area (Å²) in [5.74, 6) is 0.110. The number of amides is 1. The molecule has 2 aliphatic rings. The average molecular weight is 440 g/mol. The maximum absolute atomic E-state index is 13.1. The summed E-state index contributed by atoms with van der Waals surface area (Å²) in [4.78, 5) is 36.2. The summed E-state index contributed by atoms with van der Waals surface area (Å²) in [5, 5.41) is 13.7. The smallest absolute Gasteiger partial charge is 0.317 e. The molecule has 9 heteroatoms. The van der Waals surface area contributed by atoms with Crippen LogP contribution in [-0.2, 0) is 19.7 Å². The highest BCUT2D eigenvalue weighted by Gasteiger charge is 2.45. The Balaban J connectivity index is 1.46. The van der Waals surface area contributed by atoms with Crippen LogP contribution in [0.2, 0.25) is 0 Å². The molecular formula is C23H24N2O7. The number of nitrogens with one attached hydrogen (secondary N) is 1. The Hall–Kier alpha value is -3.62. The molecule has 1 saturated carbocycles. The lowest BCUT2D eigenvalue weighted by molar-refractivity contribution is -0.384. The number of esters is 1. The van der Waals surface area contributed by atoms with Gasteiger partial charge in [-0.25, -0.2) is 0 Å². The molecule has 0 atom stereocenters. The van der Waals surface area contributed by atoms with Gasteiger partial charge in [-0.15, -0.1) is 0 Å². The monoisotopic (exact) mass is 440 g/mol. The molecule has 4 rings (SSSR count). The zero-order valence-corrected chi connectivity index (χ0v) is 17.7. The molecule has 0 spiro atoms. The molecule has 0 unspecified atom stereocenters. The number of fused-ring (bicyclic) bond motifs is 1. The second-order valence-electron chi connectivity index (χ2n) is 8.05. The molecular weight excluding hydrogens is 416 g/mol. The van der Waals surface area contributed by atoms with Crippen LogP contribution in [0.4, 0.5) is 11.4 Å². The van der Waals surface area contributed by atoms with Gasteiger partial charge in [0.05, 0.1) is 10.3 Å². The van der Waals surface area contributed by atoms with Gasteiger partial charge in [0.25, 0.3) is 11.6 Å². The van der Waals surface area contributed by atoms with E-state index in [1.54, 1.807) is 19.1 Å². The summed E-state index contributed by atoms with van der Waals surface area (Å²) in [6, 6.07) is 9.94. The van der Waals surface area contributed by atoms with Crippen molar-refractivity contribution in [1.29, 1.82) is 0 Å². The number of carbonyl (C=O) groups is 2. The number of nitrogens with zero attached hydrogens (tertiary/aromatic N) is 1. The van der Waals surface area contributed by atoms with Crippen molar-refractivity contribution in [2.45, 2.75) is 38.0 Å². The predicted octanol–water partition coefficient (Wildman–Crippen LogP) is 3.67. The Kier molecular flexibility index (Phi) is 5.98. The van der Waals surface area contributed by atoms with Crippen molar-refractivity contribution < 1.29 is 28.7 Å². The van der Waals surface area contributed by atoms with Crippen LogP contribution in [0.1, 0.15) is 36.8 Å². The van der Waals surface area contributed by atoms with E-state index in [0.717, 1.165) is 18.4 Å². The fourth-order valence-electron chi connectivity index (χ4n) is 4.28. The highest BCUT2D eigenvalue weighted by Crippen LogP contribution is 2.45. The molecule has 1 amide bonds. The number of nitro benzene ring substituents is 1. The Labute approximate surface area is 184 Å². The van der Waals surface area contributed by atoms with E-state index in [1.165, 1.54) is 12.1 Å². The summed E-state index contributed by atoms with van der Waals surface area (Å²) in [6.07, 6.45) is 2.95. The van der Waals surface area contributed by atoms with Crippen molar-refractivity contribution >= 4 is 23.3 Å². The third-order valence-electron chi connectivity index (χ3n) is 5.90. The average Bonchev–Trinajstić information content (AvgIpc) is 3.29. The van der Waals surface area contributed by atoms with Crippen molar-refractivity contribution in [2.75, 3.05) is 25.1 Å². The zero-order valence-electron chi connectivity index (χ0n) is 17.7. The molecule has 1 N–H and O–H groups in total. The molecule has 1 heterocycles. The number of ether oxygens (including phenoxy) is 3. The molecule has 2 aromatic rings. The van der Waals surface area contributed by atoms with E-state index in [-0.39, 0.29) is 11.4 Å². The molecule has 0 aromatic heterocycles. The molecule has 2 aromatic carbocycles. The number of benzene rings is 2. The van der Waals surface area contributed by atoms with Gasteiger partial charge in [0, 0.05) is 6.07 Å². The van der Waals surface area contributed by atoms with Gasteiger partial charge < -0.3 is 19.5 Å². The molecule has 0 saturated heterocycles. The van der Waals surface area contributed by atoms with Crippen LogP contribution >= 0.6 is 0 Å². The number of aryl methyl sites for hydroxylation is 1. The number of anilines is 1. The van der Waals surface area contributed by atoms with Crippen LogP contribution in [0.25, 0.3) is 0 Å². The molecule has 1 aliphatic carbocycles. The van der Waals surface area contributed by atoms with Gasteiger partial charge in [-0.3, -0.25) is 19.7 Å². The van der Waals surface area contributed by atoms with Gasteiger partial charge in [0.15, 0.2) is 18.1 Å². The first kappa shape index (κ1) is 21.6. The summed E-state index contributed by atoms with van der Waals surface area (Å²) in [6.45, 7) is 2.11. The maximum atomic E-state index is 13.1. The lowest BCUT2D eigenvalue weighted by Crippen LogP contribution is -2.36. The number of hydrogen-bond donors (Lipinski definition) is 1. The standard InChI is InChI=1S/C23H24N2O7/c1-15-4-6-17(18(12-15)25(28)29)24-21(26)14-32-22(27)23(8-2-3-9-23)16-5-7-19-20(13-16)31-11-10-30-19/h4-7,12-13H,2-3,8-11,14H2,1H3,(H,24,26). The first-order valence-electron chi connectivity index (χ1n) is 10.5. The number of nitro groups is 1. The SMILES string of the molecule is Cc1ccc(NC(=O)COC(=O)C2(c3ccc4c(c3)OCCO4)CCCC2)c([N+](=O)[O-])c1. The molecule has 9 nitrogen and oxygen atoms in total. The minimum Gasteiger partial charge on any atom is -0.486 e. The quantitative estimate of drug-likeness (QED) is 0.414. The fourth-order valence-corrected chi connectivity index (χ4v) is 4.28. The third-order valence-corrected chi connectivity index (χ3v) is 5.90. The first-order chi connectivity index (χ1) is 15.4. The predicted molar refractivity (Wildman–Crippen MR) is 115 cm³/mol. The van der Waals surface area contributed by atoms with Crippen molar-refractivity contribution in [3.05, 3.63) is 57.6 Å². The van der Waals surface area contributed by atoms with E-state index in [1.807, 2.05) is 12.1 Å². The Morgan fingerprint density at radius 2 is 1.81 bits per heavy atom. The Morgan fingerprint density at radius 1 is 1.09 bits per heavy atom. The van der Waals surface area contributed by atoms with Gasteiger partial charge in [-0.1, -0.05) is 25.0 Å². The molecule has 0 bridgehead atoms. The van der Waals surface area contributed by atoms with Gasteiger partial charge in [0.1, 0.15) is 18.9 Å². The lowest BCUT2D eigenvalue weighted by Gasteiger charge is -2.28. The molecule has 168 valence electrons. The number of rotatable bonds is 6. The molecule has 1 aliphatic heterocycles. The van der Waals surface area contributed by atoms with Crippen LogP contribution in [0.3, 0.4) is 0 Å². The molecule has 1 fully saturated rings.